The normalized spacial score (nSPS) is 16.9. The smallest absolute Gasteiger partial charge is 0.336 e. The second kappa shape index (κ2) is 9.40. The maximum absolute atomic E-state index is 13.8. The van der Waals surface area contributed by atoms with E-state index in [0.29, 0.717) is 12.8 Å². The summed E-state index contributed by atoms with van der Waals surface area (Å²) in [5, 5.41) is 20.8. The van der Waals surface area contributed by atoms with Crippen LogP contribution in [0.1, 0.15) is 30.1 Å². The Morgan fingerprint density at radius 3 is 2.39 bits per heavy atom. The molecule has 1 amide bonds. The quantitative estimate of drug-likeness (QED) is 0.520. The van der Waals surface area contributed by atoms with E-state index in [9.17, 15) is 36.0 Å². The molecular formula is C20H19F4N5O3S. The van der Waals surface area contributed by atoms with Gasteiger partial charge in [0.05, 0.1) is 23.3 Å². The molecular weight excluding hydrogens is 466 g/mol. The zero-order valence-electron chi connectivity index (χ0n) is 17.0. The number of carbonyl (C=O) groups is 1. The van der Waals surface area contributed by atoms with Gasteiger partial charge in [-0.05, 0) is 42.7 Å². The molecule has 1 saturated carbocycles. The molecule has 8 nitrogen and oxygen atoms in total. The Bertz CT molecular complexity index is 1130. The SMILES string of the molecule is N#CC1(NC(=O)C(CS(=O)(=O)Cc2cccnn2)N[C@H](c2ccc(F)cc2)C(F)(F)F)CC1. The van der Waals surface area contributed by atoms with Gasteiger partial charge in [0.1, 0.15) is 23.4 Å². The Hall–Kier alpha value is -3.11. The standard InChI is InChI=1S/C20H19F4N5O3S/c21-14-5-3-13(4-6-14)17(20(22,23)24)27-16(18(30)28-19(12-25)7-8-19)11-33(31,32)10-15-2-1-9-26-29-15/h1-6,9,16-17,27H,7-8,10-11H2,(H,28,30)/t16?,17-/m1/s1. The van der Waals surface area contributed by atoms with Crippen LogP contribution in [0.4, 0.5) is 17.6 Å². The van der Waals surface area contributed by atoms with Crippen LogP contribution in [-0.2, 0) is 20.4 Å². The monoisotopic (exact) mass is 485 g/mol. The molecule has 2 N–H and O–H groups in total. The van der Waals surface area contributed by atoms with Crippen molar-refractivity contribution in [1.29, 1.82) is 5.26 Å². The minimum atomic E-state index is -4.93. The molecule has 13 heteroatoms. The molecule has 1 fully saturated rings. The average Bonchev–Trinajstić information content (AvgIpc) is 3.51. The number of rotatable bonds is 9. The van der Waals surface area contributed by atoms with Gasteiger partial charge in [0.25, 0.3) is 0 Å². The second-order valence-corrected chi connectivity index (χ2v) is 9.81. The van der Waals surface area contributed by atoms with Crippen molar-refractivity contribution in [3.63, 3.8) is 0 Å². The highest BCUT2D eigenvalue weighted by atomic mass is 32.2. The Labute approximate surface area is 186 Å². The summed E-state index contributed by atoms with van der Waals surface area (Å²) in [4.78, 5) is 12.8. The molecule has 176 valence electrons. The lowest BCUT2D eigenvalue weighted by molar-refractivity contribution is -0.160. The number of nitrogens with zero attached hydrogens (tertiary/aromatic N) is 3. The van der Waals surface area contributed by atoms with Crippen LogP contribution < -0.4 is 10.6 Å². The molecule has 1 aromatic heterocycles. The topological polar surface area (TPSA) is 125 Å². The zero-order valence-corrected chi connectivity index (χ0v) is 17.8. The van der Waals surface area contributed by atoms with Gasteiger partial charge in [-0.25, -0.2) is 12.8 Å². The number of hydrogen-bond acceptors (Lipinski definition) is 7. The highest BCUT2D eigenvalue weighted by molar-refractivity contribution is 7.90. The van der Waals surface area contributed by atoms with E-state index < -0.39 is 62.4 Å². The average molecular weight is 485 g/mol. The van der Waals surface area contributed by atoms with Crippen LogP contribution in [0.25, 0.3) is 0 Å². The van der Waals surface area contributed by atoms with E-state index in [1.165, 1.54) is 18.3 Å². The summed E-state index contributed by atoms with van der Waals surface area (Å²) in [5.74, 6) is -3.47. The van der Waals surface area contributed by atoms with E-state index >= 15 is 0 Å². The van der Waals surface area contributed by atoms with Gasteiger partial charge in [-0.3, -0.25) is 10.1 Å². The van der Waals surface area contributed by atoms with Gasteiger partial charge in [-0.15, -0.1) is 0 Å². The first-order valence-electron chi connectivity index (χ1n) is 9.72. The molecule has 2 aromatic rings. The summed E-state index contributed by atoms with van der Waals surface area (Å²) >= 11 is 0. The van der Waals surface area contributed by atoms with E-state index in [4.69, 9.17) is 0 Å². The number of benzene rings is 1. The number of nitrogens with one attached hydrogen (secondary N) is 2. The van der Waals surface area contributed by atoms with Crippen LogP contribution in [0.2, 0.25) is 0 Å². The van der Waals surface area contributed by atoms with Crippen molar-refractivity contribution in [3.8, 4) is 6.07 Å². The maximum Gasteiger partial charge on any atom is 0.407 e. The van der Waals surface area contributed by atoms with E-state index in [1.54, 1.807) is 0 Å². The number of halogens is 4. The molecule has 0 saturated heterocycles. The van der Waals surface area contributed by atoms with E-state index in [0.717, 1.165) is 24.3 Å². The van der Waals surface area contributed by atoms with Gasteiger partial charge in [0.15, 0.2) is 9.84 Å². The molecule has 1 heterocycles. The fraction of sp³-hybridized carbons (Fsp3) is 0.400. The van der Waals surface area contributed by atoms with Crippen molar-refractivity contribution < 1.29 is 30.8 Å². The number of carbonyl (C=O) groups excluding carboxylic acids is 1. The summed E-state index contributed by atoms with van der Waals surface area (Å²) in [7, 11) is -4.14. The predicted octanol–water partition coefficient (Wildman–Crippen LogP) is 1.96. The van der Waals surface area contributed by atoms with Crippen molar-refractivity contribution in [1.82, 2.24) is 20.8 Å². The molecule has 0 bridgehead atoms. The first-order chi connectivity index (χ1) is 15.4. The Kier molecular flexibility index (Phi) is 6.99. The number of aromatic nitrogens is 2. The molecule has 0 aliphatic heterocycles. The van der Waals surface area contributed by atoms with Crippen LogP contribution in [0.3, 0.4) is 0 Å². The van der Waals surface area contributed by atoms with Gasteiger partial charge in [-0.2, -0.15) is 28.6 Å². The van der Waals surface area contributed by atoms with Gasteiger partial charge >= 0.3 is 6.18 Å². The number of amides is 1. The Balaban J connectivity index is 1.89. The third kappa shape index (κ3) is 6.69. The van der Waals surface area contributed by atoms with E-state index in [-0.39, 0.29) is 5.69 Å². The third-order valence-corrected chi connectivity index (χ3v) is 6.53. The predicted molar refractivity (Wildman–Crippen MR) is 107 cm³/mol. The molecule has 1 aromatic carbocycles. The van der Waals surface area contributed by atoms with Crippen LogP contribution >= 0.6 is 0 Å². The summed E-state index contributed by atoms with van der Waals surface area (Å²) in [5.41, 5.74) is -1.58. The summed E-state index contributed by atoms with van der Waals surface area (Å²) in [6.07, 6.45) is -3.01. The molecule has 3 rings (SSSR count). The molecule has 1 aliphatic rings. The van der Waals surface area contributed by atoms with Crippen molar-refractivity contribution in [3.05, 3.63) is 59.7 Å². The number of hydrogen-bond donors (Lipinski definition) is 2. The highest BCUT2D eigenvalue weighted by Crippen LogP contribution is 2.35. The Morgan fingerprint density at radius 2 is 1.88 bits per heavy atom. The lowest BCUT2D eigenvalue weighted by Gasteiger charge is -2.28. The van der Waals surface area contributed by atoms with Crippen LogP contribution in [0, 0.1) is 17.1 Å². The molecule has 0 radical (unpaired) electrons. The van der Waals surface area contributed by atoms with Crippen molar-refractivity contribution >= 4 is 15.7 Å². The minimum absolute atomic E-state index is 0.0539. The summed E-state index contributed by atoms with van der Waals surface area (Å²) < 4.78 is 80.1. The van der Waals surface area contributed by atoms with Crippen LogP contribution in [0.5, 0.6) is 0 Å². The second-order valence-electron chi connectivity index (χ2n) is 7.70. The minimum Gasteiger partial charge on any atom is -0.336 e. The maximum atomic E-state index is 13.8. The zero-order chi connectivity index (χ0) is 24.3. The molecule has 2 atom stereocenters. The summed E-state index contributed by atoms with van der Waals surface area (Å²) in [6.45, 7) is 0. The molecule has 0 spiro atoms. The van der Waals surface area contributed by atoms with Gasteiger partial charge in [0, 0.05) is 6.20 Å². The van der Waals surface area contributed by atoms with Gasteiger partial charge in [-0.1, -0.05) is 12.1 Å². The number of alkyl halides is 3. The van der Waals surface area contributed by atoms with Gasteiger partial charge < -0.3 is 5.32 Å². The lowest BCUT2D eigenvalue weighted by Crippen LogP contribution is -2.54. The first kappa shape index (κ1) is 24.5. The first-order valence-corrected chi connectivity index (χ1v) is 11.5. The van der Waals surface area contributed by atoms with E-state index in [1.807, 2.05) is 6.07 Å². The number of nitriles is 1. The Morgan fingerprint density at radius 1 is 1.21 bits per heavy atom. The van der Waals surface area contributed by atoms with Crippen molar-refractivity contribution in [2.75, 3.05) is 5.75 Å². The highest BCUT2D eigenvalue weighted by Gasteiger charge is 2.48. The van der Waals surface area contributed by atoms with Crippen molar-refractivity contribution in [2.45, 2.75) is 42.4 Å². The number of sulfone groups is 1. The fourth-order valence-corrected chi connectivity index (χ4v) is 4.57. The van der Waals surface area contributed by atoms with E-state index in [2.05, 4.69) is 20.8 Å². The molecule has 1 unspecified atom stereocenters. The van der Waals surface area contributed by atoms with Crippen molar-refractivity contribution in [2.24, 2.45) is 0 Å². The summed E-state index contributed by atoms with van der Waals surface area (Å²) in [6, 6.07) is 3.80. The van der Waals surface area contributed by atoms with Crippen LogP contribution in [-0.4, -0.2) is 48.0 Å². The van der Waals surface area contributed by atoms with Crippen LogP contribution in [0.15, 0.2) is 42.6 Å². The van der Waals surface area contributed by atoms with Gasteiger partial charge in [0.2, 0.25) is 5.91 Å². The molecule has 33 heavy (non-hydrogen) atoms. The third-order valence-electron chi connectivity index (χ3n) is 4.96. The largest absolute Gasteiger partial charge is 0.407 e. The molecule has 1 aliphatic carbocycles. The fourth-order valence-electron chi connectivity index (χ4n) is 3.10. The lowest BCUT2D eigenvalue weighted by atomic mass is 10.0.